The van der Waals surface area contributed by atoms with Gasteiger partial charge in [0.2, 0.25) is 0 Å². The maximum atomic E-state index is 12.5. The van der Waals surface area contributed by atoms with E-state index in [1.54, 1.807) is 13.8 Å². The minimum absolute atomic E-state index is 0.0179. The van der Waals surface area contributed by atoms with E-state index in [0.29, 0.717) is 17.5 Å². The van der Waals surface area contributed by atoms with Crippen LogP contribution in [0.3, 0.4) is 0 Å². The van der Waals surface area contributed by atoms with Gasteiger partial charge in [-0.05, 0) is 50.5 Å². The number of carbonyl (C=O) groups is 1. The zero-order valence-electron chi connectivity index (χ0n) is 13.7. The molecule has 0 saturated carbocycles. The van der Waals surface area contributed by atoms with Crippen LogP contribution in [0.4, 0.5) is 13.2 Å². The number of aromatic amines is 1. The number of halogens is 3. The third kappa shape index (κ3) is 5.17. The lowest BCUT2D eigenvalue weighted by atomic mass is 10.0. The molecule has 1 heterocycles. The van der Waals surface area contributed by atoms with Crippen LogP contribution in [0.5, 0.6) is 0 Å². The van der Waals surface area contributed by atoms with Gasteiger partial charge in [-0.3, -0.25) is 4.79 Å². The fourth-order valence-corrected chi connectivity index (χ4v) is 2.15. The highest BCUT2D eigenvalue weighted by molar-refractivity contribution is 5.87. The van der Waals surface area contributed by atoms with E-state index in [-0.39, 0.29) is 18.2 Å². The van der Waals surface area contributed by atoms with Crippen LogP contribution in [0.25, 0.3) is 0 Å². The maximum Gasteiger partial charge on any atom is 0.416 e. The Morgan fingerprint density at radius 3 is 2.40 bits per heavy atom. The average molecular weight is 354 g/mol. The standard InChI is InChI=1S/C17H17F3N2O3/c1-10(2)25-16(24)14-9-12(15(23)22-21-14)6-3-11-4-7-13(8-5-11)17(18,19)20/h4-5,7-10H,3,6H2,1-2H3,(H,22,23). The Kier molecular flexibility index (Phi) is 5.61. The fraction of sp³-hybridized carbons (Fsp3) is 0.353. The van der Waals surface area contributed by atoms with E-state index in [2.05, 4.69) is 10.2 Å². The number of aryl methyl sites for hydroxylation is 2. The van der Waals surface area contributed by atoms with Crippen molar-refractivity contribution >= 4 is 5.97 Å². The number of nitrogens with one attached hydrogen (secondary N) is 1. The van der Waals surface area contributed by atoms with Crippen molar-refractivity contribution in [2.75, 3.05) is 0 Å². The van der Waals surface area contributed by atoms with Crippen LogP contribution in [-0.4, -0.2) is 22.3 Å². The molecule has 0 radical (unpaired) electrons. The summed E-state index contributed by atoms with van der Waals surface area (Å²) in [5.74, 6) is -0.651. The first kappa shape index (κ1) is 18.7. The normalized spacial score (nSPS) is 11.6. The van der Waals surface area contributed by atoms with Crippen molar-refractivity contribution in [1.82, 2.24) is 10.2 Å². The number of hydrogen-bond donors (Lipinski definition) is 1. The lowest BCUT2D eigenvalue weighted by molar-refractivity contribution is -0.137. The molecule has 0 amide bonds. The zero-order valence-corrected chi connectivity index (χ0v) is 13.7. The average Bonchev–Trinajstić information content (AvgIpc) is 2.53. The lowest BCUT2D eigenvalue weighted by Gasteiger charge is -2.09. The number of rotatable bonds is 5. The molecular weight excluding hydrogens is 337 g/mol. The van der Waals surface area contributed by atoms with Crippen LogP contribution < -0.4 is 5.56 Å². The number of hydrogen-bond acceptors (Lipinski definition) is 4. The molecule has 8 heteroatoms. The van der Waals surface area contributed by atoms with Gasteiger partial charge in [0.15, 0.2) is 5.69 Å². The molecule has 1 N–H and O–H groups in total. The molecule has 1 aromatic carbocycles. The molecule has 0 spiro atoms. The molecule has 0 bridgehead atoms. The predicted octanol–water partition coefficient (Wildman–Crippen LogP) is 3.14. The van der Waals surface area contributed by atoms with Crippen molar-refractivity contribution in [2.45, 2.75) is 39.0 Å². The summed E-state index contributed by atoms with van der Waals surface area (Å²) in [6.45, 7) is 3.38. The van der Waals surface area contributed by atoms with Crippen molar-refractivity contribution in [1.29, 1.82) is 0 Å². The van der Waals surface area contributed by atoms with Crippen LogP contribution in [0.1, 0.15) is 41.0 Å². The Labute approximate surface area is 141 Å². The van der Waals surface area contributed by atoms with Gasteiger partial charge in [0.25, 0.3) is 5.56 Å². The molecular formula is C17H17F3N2O3. The smallest absolute Gasteiger partial charge is 0.416 e. The van der Waals surface area contributed by atoms with E-state index in [1.807, 2.05) is 0 Å². The van der Waals surface area contributed by atoms with Crippen molar-refractivity contribution in [2.24, 2.45) is 0 Å². The molecule has 0 aliphatic heterocycles. The van der Waals surface area contributed by atoms with E-state index in [9.17, 15) is 22.8 Å². The summed E-state index contributed by atoms with van der Waals surface area (Å²) in [4.78, 5) is 23.6. The van der Waals surface area contributed by atoms with Crippen LogP contribution in [0.15, 0.2) is 35.1 Å². The maximum absolute atomic E-state index is 12.5. The summed E-state index contributed by atoms with van der Waals surface area (Å²) in [6, 6.07) is 6.07. The first-order chi connectivity index (χ1) is 11.7. The zero-order chi connectivity index (χ0) is 18.6. The van der Waals surface area contributed by atoms with Gasteiger partial charge in [0.05, 0.1) is 11.7 Å². The second-order valence-electron chi connectivity index (χ2n) is 5.76. The number of nitrogens with zero attached hydrogens (tertiary/aromatic N) is 1. The van der Waals surface area contributed by atoms with Gasteiger partial charge in [-0.15, -0.1) is 0 Å². The largest absolute Gasteiger partial charge is 0.458 e. The van der Waals surface area contributed by atoms with E-state index < -0.39 is 23.3 Å². The Morgan fingerprint density at radius 1 is 1.20 bits per heavy atom. The van der Waals surface area contributed by atoms with E-state index >= 15 is 0 Å². The van der Waals surface area contributed by atoms with E-state index in [4.69, 9.17) is 4.74 Å². The number of benzene rings is 1. The third-order valence-electron chi connectivity index (χ3n) is 3.40. The molecule has 0 atom stereocenters. The number of ether oxygens (including phenoxy) is 1. The Bertz CT molecular complexity index is 796. The van der Waals surface area contributed by atoms with Gasteiger partial charge >= 0.3 is 12.1 Å². The van der Waals surface area contributed by atoms with Crippen LogP contribution in [-0.2, 0) is 23.8 Å². The summed E-state index contributed by atoms with van der Waals surface area (Å²) < 4.78 is 42.6. The summed E-state index contributed by atoms with van der Waals surface area (Å²) in [5.41, 5.74) is -0.235. The second-order valence-corrected chi connectivity index (χ2v) is 5.76. The molecule has 5 nitrogen and oxygen atoms in total. The van der Waals surface area contributed by atoms with Crippen molar-refractivity contribution in [3.63, 3.8) is 0 Å². The molecule has 2 aromatic rings. The number of aromatic nitrogens is 2. The molecule has 2 rings (SSSR count). The third-order valence-corrected chi connectivity index (χ3v) is 3.40. The molecule has 25 heavy (non-hydrogen) atoms. The summed E-state index contributed by atoms with van der Waals surface area (Å²) >= 11 is 0. The lowest BCUT2D eigenvalue weighted by Crippen LogP contribution is -2.20. The topological polar surface area (TPSA) is 72.1 Å². The second kappa shape index (κ2) is 7.50. The molecule has 0 saturated heterocycles. The summed E-state index contributed by atoms with van der Waals surface area (Å²) in [7, 11) is 0. The minimum Gasteiger partial charge on any atom is -0.458 e. The first-order valence-electron chi connectivity index (χ1n) is 7.62. The quantitative estimate of drug-likeness (QED) is 0.838. The van der Waals surface area contributed by atoms with Gasteiger partial charge in [-0.1, -0.05) is 12.1 Å². The molecule has 0 aliphatic carbocycles. The SMILES string of the molecule is CC(C)OC(=O)c1cc(CCc2ccc(C(F)(F)F)cc2)c(=O)[nH]n1. The molecule has 134 valence electrons. The van der Waals surface area contributed by atoms with Gasteiger partial charge in [0, 0.05) is 5.56 Å². The molecule has 1 aromatic heterocycles. The van der Waals surface area contributed by atoms with Crippen LogP contribution in [0.2, 0.25) is 0 Å². The number of esters is 1. The Morgan fingerprint density at radius 2 is 1.84 bits per heavy atom. The monoisotopic (exact) mass is 354 g/mol. The highest BCUT2D eigenvalue weighted by Crippen LogP contribution is 2.29. The van der Waals surface area contributed by atoms with Crippen molar-refractivity contribution in [3.8, 4) is 0 Å². The fourth-order valence-electron chi connectivity index (χ4n) is 2.15. The van der Waals surface area contributed by atoms with Gasteiger partial charge in [-0.2, -0.15) is 18.3 Å². The Balaban J connectivity index is 2.10. The van der Waals surface area contributed by atoms with Gasteiger partial charge < -0.3 is 4.74 Å². The predicted molar refractivity (Wildman–Crippen MR) is 84.3 cm³/mol. The van der Waals surface area contributed by atoms with Gasteiger partial charge in [-0.25, -0.2) is 9.89 Å². The Hall–Kier alpha value is -2.64. The van der Waals surface area contributed by atoms with Crippen molar-refractivity contribution < 1.29 is 22.7 Å². The number of carbonyl (C=O) groups excluding carboxylic acids is 1. The number of alkyl halides is 3. The van der Waals surface area contributed by atoms with Crippen LogP contribution >= 0.6 is 0 Å². The van der Waals surface area contributed by atoms with E-state index in [1.165, 1.54) is 18.2 Å². The summed E-state index contributed by atoms with van der Waals surface area (Å²) in [5, 5.41) is 5.88. The molecule has 0 aliphatic rings. The highest BCUT2D eigenvalue weighted by atomic mass is 19.4. The van der Waals surface area contributed by atoms with Crippen molar-refractivity contribution in [3.05, 3.63) is 63.1 Å². The van der Waals surface area contributed by atoms with Gasteiger partial charge in [0.1, 0.15) is 0 Å². The van der Waals surface area contributed by atoms with E-state index in [0.717, 1.165) is 12.1 Å². The minimum atomic E-state index is -4.38. The molecule has 0 unspecified atom stereocenters. The van der Waals surface area contributed by atoms with Crippen LogP contribution in [0, 0.1) is 0 Å². The first-order valence-corrected chi connectivity index (χ1v) is 7.62. The summed E-state index contributed by atoms with van der Waals surface area (Å²) in [6.07, 6.45) is -4.10. The molecule has 0 fully saturated rings. The number of H-pyrrole nitrogens is 1. The highest BCUT2D eigenvalue weighted by Gasteiger charge is 2.29.